The Morgan fingerprint density at radius 3 is 0.949 bits per heavy atom. The fourth-order valence-electron chi connectivity index (χ4n) is 2.99. The van der Waals surface area contributed by atoms with E-state index >= 15 is 0 Å². The molecule has 39 heavy (non-hydrogen) atoms. The Balaban J connectivity index is 1.62. The van der Waals surface area contributed by atoms with E-state index in [1.165, 1.54) is 0 Å². The summed E-state index contributed by atoms with van der Waals surface area (Å²) in [5.41, 5.74) is 1.16. The third kappa shape index (κ3) is 28.2. The highest BCUT2D eigenvalue weighted by molar-refractivity contribution is 5.13. The summed E-state index contributed by atoms with van der Waals surface area (Å²) in [6.07, 6.45) is 2.25. The minimum Gasteiger partial charge on any atom is -0.379 e. The minimum atomic E-state index is 0.527. The highest BCUT2D eigenvalue weighted by atomic mass is 16.6. The van der Waals surface area contributed by atoms with Crippen LogP contribution in [0, 0.1) is 0 Å². The van der Waals surface area contributed by atoms with Gasteiger partial charge in [0.15, 0.2) is 0 Å². The van der Waals surface area contributed by atoms with Gasteiger partial charge in [0.2, 0.25) is 0 Å². The quantitative estimate of drug-likeness (QED) is 0.122. The molecule has 0 radical (unpaired) electrons. The van der Waals surface area contributed by atoms with Crippen LogP contribution >= 0.6 is 0 Å². The van der Waals surface area contributed by atoms with Gasteiger partial charge in [-0.1, -0.05) is 43.7 Å². The number of rotatable bonds is 32. The summed E-state index contributed by atoms with van der Waals surface area (Å²) in [4.78, 5) is 0. The van der Waals surface area contributed by atoms with Gasteiger partial charge in [0.1, 0.15) is 0 Å². The molecule has 0 heterocycles. The molecule has 0 aliphatic carbocycles. The lowest BCUT2D eigenvalue weighted by Gasteiger charge is -2.09. The summed E-state index contributed by atoms with van der Waals surface area (Å²) in [6, 6.07) is 10.1. The van der Waals surface area contributed by atoms with Gasteiger partial charge in [-0.05, 0) is 12.0 Å². The van der Waals surface area contributed by atoms with Crippen molar-refractivity contribution in [3.63, 3.8) is 0 Å². The molecule has 10 heteroatoms. The average Bonchev–Trinajstić information content (AvgIpc) is 2.96. The SMILES string of the molecule is CCCCOCCOCCOCCOCCOCCOCCOCCOCCOCCOCc1ccccc1. The van der Waals surface area contributed by atoms with Crippen LogP contribution in [0.25, 0.3) is 0 Å². The van der Waals surface area contributed by atoms with Crippen LogP contribution < -0.4 is 0 Å². The van der Waals surface area contributed by atoms with Gasteiger partial charge in [0, 0.05) is 6.61 Å². The monoisotopic (exact) mass is 560 g/mol. The maximum absolute atomic E-state index is 5.56. The molecular weight excluding hydrogens is 508 g/mol. The Hall–Kier alpha value is -1.18. The van der Waals surface area contributed by atoms with Gasteiger partial charge in [-0.3, -0.25) is 0 Å². The van der Waals surface area contributed by atoms with E-state index in [1.54, 1.807) is 0 Å². The molecular formula is C29H52O10. The maximum atomic E-state index is 5.56. The number of benzene rings is 1. The fraction of sp³-hybridized carbons (Fsp3) is 0.793. The fourth-order valence-corrected chi connectivity index (χ4v) is 2.99. The normalized spacial score (nSPS) is 11.4. The van der Waals surface area contributed by atoms with Gasteiger partial charge in [0.05, 0.1) is 126 Å². The third-order valence-corrected chi connectivity index (χ3v) is 5.10. The summed E-state index contributed by atoms with van der Waals surface area (Å²) < 4.78 is 54.7. The van der Waals surface area contributed by atoms with E-state index in [0.29, 0.717) is 126 Å². The maximum Gasteiger partial charge on any atom is 0.0718 e. The van der Waals surface area contributed by atoms with Crippen LogP contribution in [0.5, 0.6) is 0 Å². The van der Waals surface area contributed by atoms with Crippen LogP contribution in [0.3, 0.4) is 0 Å². The first-order valence-electron chi connectivity index (χ1n) is 14.2. The molecule has 0 amide bonds. The average molecular weight is 561 g/mol. The van der Waals surface area contributed by atoms with Crippen molar-refractivity contribution in [2.45, 2.75) is 26.4 Å². The molecule has 228 valence electrons. The zero-order valence-electron chi connectivity index (χ0n) is 24.0. The Labute approximate surface area is 235 Å². The van der Waals surface area contributed by atoms with Gasteiger partial charge < -0.3 is 47.4 Å². The Morgan fingerprint density at radius 1 is 0.359 bits per heavy atom. The van der Waals surface area contributed by atoms with E-state index in [2.05, 4.69) is 6.92 Å². The number of unbranched alkanes of at least 4 members (excludes halogenated alkanes) is 1. The van der Waals surface area contributed by atoms with Gasteiger partial charge in [-0.15, -0.1) is 0 Å². The van der Waals surface area contributed by atoms with Crippen molar-refractivity contribution in [2.75, 3.05) is 126 Å². The highest BCUT2D eigenvalue weighted by Gasteiger charge is 1.96. The molecule has 0 saturated heterocycles. The van der Waals surface area contributed by atoms with Crippen molar-refractivity contribution >= 4 is 0 Å². The minimum absolute atomic E-state index is 0.527. The second-order valence-corrected chi connectivity index (χ2v) is 8.40. The number of hydrogen-bond acceptors (Lipinski definition) is 10. The molecule has 10 nitrogen and oxygen atoms in total. The molecule has 0 aliphatic rings. The second-order valence-electron chi connectivity index (χ2n) is 8.40. The van der Waals surface area contributed by atoms with Crippen LogP contribution in [-0.4, -0.2) is 126 Å². The summed E-state index contributed by atoms with van der Waals surface area (Å²) in [5, 5.41) is 0. The summed E-state index contributed by atoms with van der Waals surface area (Å²) in [5.74, 6) is 0. The van der Waals surface area contributed by atoms with Crippen LogP contribution in [0.1, 0.15) is 25.3 Å². The zero-order chi connectivity index (χ0) is 27.7. The first-order chi connectivity index (χ1) is 19.4. The number of ether oxygens (including phenoxy) is 10. The van der Waals surface area contributed by atoms with Gasteiger partial charge in [-0.25, -0.2) is 0 Å². The van der Waals surface area contributed by atoms with Crippen molar-refractivity contribution in [3.8, 4) is 0 Å². The molecule has 1 aromatic rings. The second kappa shape index (κ2) is 31.3. The molecule has 0 bridgehead atoms. The molecule has 1 rings (SSSR count). The lowest BCUT2D eigenvalue weighted by Crippen LogP contribution is -2.15. The van der Waals surface area contributed by atoms with Crippen LogP contribution in [0.4, 0.5) is 0 Å². The molecule has 0 atom stereocenters. The van der Waals surface area contributed by atoms with E-state index in [0.717, 1.165) is 25.0 Å². The molecule has 1 aromatic carbocycles. The Bertz CT molecular complexity index is 578. The zero-order valence-corrected chi connectivity index (χ0v) is 24.0. The molecule has 0 saturated carbocycles. The predicted molar refractivity (Wildman–Crippen MR) is 148 cm³/mol. The van der Waals surface area contributed by atoms with E-state index in [-0.39, 0.29) is 0 Å². The Kier molecular flexibility index (Phi) is 28.8. The first kappa shape index (κ1) is 35.8. The van der Waals surface area contributed by atoms with Crippen molar-refractivity contribution in [3.05, 3.63) is 35.9 Å². The van der Waals surface area contributed by atoms with E-state index in [1.807, 2.05) is 30.3 Å². The van der Waals surface area contributed by atoms with Crippen molar-refractivity contribution in [1.82, 2.24) is 0 Å². The smallest absolute Gasteiger partial charge is 0.0718 e. The molecule has 0 aliphatic heterocycles. The Morgan fingerprint density at radius 2 is 0.641 bits per heavy atom. The van der Waals surface area contributed by atoms with Gasteiger partial charge in [-0.2, -0.15) is 0 Å². The largest absolute Gasteiger partial charge is 0.379 e. The summed E-state index contributed by atoms with van der Waals surface area (Å²) >= 11 is 0. The summed E-state index contributed by atoms with van der Waals surface area (Å²) in [7, 11) is 0. The lowest BCUT2D eigenvalue weighted by atomic mass is 10.2. The van der Waals surface area contributed by atoms with Crippen LogP contribution in [0.15, 0.2) is 30.3 Å². The molecule has 0 N–H and O–H groups in total. The predicted octanol–water partition coefficient (Wildman–Crippen LogP) is 3.15. The summed E-state index contributed by atoms with van der Waals surface area (Å²) in [6.45, 7) is 13.5. The third-order valence-electron chi connectivity index (χ3n) is 5.10. The van der Waals surface area contributed by atoms with Crippen molar-refractivity contribution < 1.29 is 47.4 Å². The standard InChI is InChI=1S/C29H52O10/c1-2-3-9-30-10-11-31-12-13-32-14-15-33-16-17-34-18-19-35-20-21-36-22-23-37-24-25-38-26-27-39-28-29-7-5-4-6-8-29/h4-8H,2-3,9-28H2,1H3. The number of hydrogen-bond donors (Lipinski definition) is 0. The van der Waals surface area contributed by atoms with Crippen LogP contribution in [-0.2, 0) is 54.0 Å². The topological polar surface area (TPSA) is 92.3 Å². The first-order valence-corrected chi connectivity index (χ1v) is 14.2. The van der Waals surface area contributed by atoms with Crippen molar-refractivity contribution in [1.29, 1.82) is 0 Å². The molecule has 0 fully saturated rings. The lowest BCUT2D eigenvalue weighted by molar-refractivity contribution is -0.0267. The molecule has 0 spiro atoms. The highest BCUT2D eigenvalue weighted by Crippen LogP contribution is 2.00. The van der Waals surface area contributed by atoms with Gasteiger partial charge >= 0.3 is 0 Å². The van der Waals surface area contributed by atoms with Gasteiger partial charge in [0.25, 0.3) is 0 Å². The van der Waals surface area contributed by atoms with Crippen LogP contribution in [0.2, 0.25) is 0 Å². The van der Waals surface area contributed by atoms with E-state index in [9.17, 15) is 0 Å². The molecule has 0 unspecified atom stereocenters. The molecule has 0 aromatic heterocycles. The van der Waals surface area contributed by atoms with Crippen molar-refractivity contribution in [2.24, 2.45) is 0 Å². The van der Waals surface area contributed by atoms with E-state index in [4.69, 9.17) is 47.4 Å². The van der Waals surface area contributed by atoms with E-state index < -0.39 is 0 Å².